The molecule has 0 aliphatic carbocycles. The number of unbranched alkanes of at least 4 members (excludes halogenated alkanes) is 1. The summed E-state index contributed by atoms with van der Waals surface area (Å²) in [5, 5.41) is 27.8. The molecule has 0 bridgehead atoms. The molecule has 1 heterocycles. The van der Waals surface area contributed by atoms with Crippen molar-refractivity contribution >= 4 is 0 Å². The lowest BCUT2D eigenvalue weighted by Crippen LogP contribution is -1.93. The molecule has 0 fully saturated rings. The van der Waals surface area contributed by atoms with E-state index in [1.807, 2.05) is 0 Å². The van der Waals surface area contributed by atoms with Gasteiger partial charge in [-0.05, 0) is 43.0 Å². The van der Waals surface area contributed by atoms with Crippen molar-refractivity contribution in [2.75, 3.05) is 6.61 Å². The summed E-state index contributed by atoms with van der Waals surface area (Å²) in [5.41, 5.74) is 4.24. The quantitative estimate of drug-likeness (QED) is 0.608. The fraction of sp³-hybridized carbons (Fsp3) is 0.562. The minimum atomic E-state index is -0.732. The lowest BCUT2D eigenvalue weighted by molar-refractivity contribution is 0.145. The van der Waals surface area contributed by atoms with Crippen molar-refractivity contribution in [2.24, 2.45) is 0 Å². The normalized spacial score (nSPS) is 12.0. The number of aliphatic hydroxyl groups is 3. The molecule has 1 aromatic heterocycles. The Morgan fingerprint density at radius 2 is 2.15 bits per heavy atom. The average Bonchev–Trinajstić information content (AvgIpc) is 2.93. The van der Waals surface area contributed by atoms with Crippen LogP contribution >= 0.6 is 0 Å². The maximum absolute atomic E-state index is 9.94. The minimum absolute atomic E-state index is 0.125. The van der Waals surface area contributed by atoms with Crippen LogP contribution in [-0.2, 0) is 6.61 Å². The van der Waals surface area contributed by atoms with Gasteiger partial charge in [-0.1, -0.05) is 13.3 Å². The predicted octanol–water partition coefficient (Wildman–Crippen LogP) is 2.85. The fourth-order valence-corrected chi connectivity index (χ4v) is 1.88. The van der Waals surface area contributed by atoms with Gasteiger partial charge in [0.25, 0.3) is 0 Å². The van der Waals surface area contributed by atoms with Crippen LogP contribution in [0, 0.1) is 0 Å². The first-order chi connectivity index (χ1) is 9.71. The largest absolute Gasteiger partial charge is 0.461 e. The van der Waals surface area contributed by atoms with E-state index < -0.39 is 6.10 Å². The second kappa shape index (κ2) is 9.56. The molecule has 0 aliphatic rings. The average molecular weight is 280 g/mol. The number of hydrogen-bond acceptors (Lipinski definition) is 4. The SMILES string of the molecule is CCCCC(=C=CC[C@@H](O)c1ccc(CO)o1)CCO. The van der Waals surface area contributed by atoms with Crippen LogP contribution in [0.3, 0.4) is 0 Å². The molecular formula is C16H24O4. The zero-order valence-corrected chi connectivity index (χ0v) is 12.0. The van der Waals surface area contributed by atoms with Crippen molar-refractivity contribution in [3.8, 4) is 0 Å². The van der Waals surface area contributed by atoms with Crippen LogP contribution in [-0.4, -0.2) is 21.9 Å². The van der Waals surface area contributed by atoms with Crippen LogP contribution in [0.15, 0.2) is 33.9 Å². The maximum atomic E-state index is 9.94. The minimum Gasteiger partial charge on any atom is -0.461 e. The smallest absolute Gasteiger partial charge is 0.133 e. The summed E-state index contributed by atoms with van der Waals surface area (Å²) >= 11 is 0. The molecule has 0 unspecified atom stereocenters. The molecule has 0 radical (unpaired) electrons. The molecule has 0 amide bonds. The van der Waals surface area contributed by atoms with Crippen molar-refractivity contribution in [1.82, 2.24) is 0 Å². The van der Waals surface area contributed by atoms with Gasteiger partial charge in [-0.25, -0.2) is 0 Å². The second-order valence-electron chi connectivity index (χ2n) is 4.74. The van der Waals surface area contributed by atoms with E-state index in [-0.39, 0.29) is 13.2 Å². The highest BCUT2D eigenvalue weighted by Crippen LogP contribution is 2.20. The van der Waals surface area contributed by atoms with E-state index in [1.165, 1.54) is 0 Å². The molecule has 0 spiro atoms. The standard InChI is InChI=1S/C16H24O4/c1-2-3-5-13(10-11-17)6-4-7-15(19)16-9-8-14(12-18)20-16/h4,8-9,15,17-19H,2-3,5,7,10-12H2,1H3/t6?,15-/m1/s1. The van der Waals surface area contributed by atoms with Gasteiger partial charge in [-0.15, -0.1) is 5.73 Å². The van der Waals surface area contributed by atoms with Crippen molar-refractivity contribution in [3.05, 3.63) is 41.0 Å². The Bertz CT molecular complexity index is 441. The fourth-order valence-electron chi connectivity index (χ4n) is 1.88. The van der Waals surface area contributed by atoms with Crippen molar-refractivity contribution in [1.29, 1.82) is 0 Å². The van der Waals surface area contributed by atoms with Crippen LogP contribution in [0.1, 0.15) is 56.7 Å². The van der Waals surface area contributed by atoms with Gasteiger partial charge in [0.2, 0.25) is 0 Å². The van der Waals surface area contributed by atoms with Crippen molar-refractivity contribution in [3.63, 3.8) is 0 Å². The Labute approximate surface area is 120 Å². The molecule has 20 heavy (non-hydrogen) atoms. The molecular weight excluding hydrogens is 256 g/mol. The zero-order valence-electron chi connectivity index (χ0n) is 12.0. The Hall–Kier alpha value is -1.32. The van der Waals surface area contributed by atoms with Gasteiger partial charge < -0.3 is 19.7 Å². The Balaban J connectivity index is 2.59. The summed E-state index contributed by atoms with van der Waals surface area (Å²) in [6.45, 7) is 2.08. The van der Waals surface area contributed by atoms with E-state index in [0.29, 0.717) is 24.4 Å². The van der Waals surface area contributed by atoms with Gasteiger partial charge in [0.05, 0.1) is 0 Å². The van der Waals surface area contributed by atoms with Crippen molar-refractivity contribution in [2.45, 2.75) is 51.7 Å². The van der Waals surface area contributed by atoms with Crippen molar-refractivity contribution < 1.29 is 19.7 Å². The van der Waals surface area contributed by atoms with Crippen LogP contribution in [0.5, 0.6) is 0 Å². The predicted molar refractivity (Wildman–Crippen MR) is 77.0 cm³/mol. The molecule has 0 aromatic carbocycles. The summed E-state index contributed by atoms with van der Waals surface area (Å²) in [6, 6.07) is 3.32. The summed E-state index contributed by atoms with van der Waals surface area (Å²) in [6.07, 6.45) is 5.20. The number of aliphatic hydroxyl groups excluding tert-OH is 3. The van der Waals surface area contributed by atoms with E-state index in [4.69, 9.17) is 14.6 Å². The van der Waals surface area contributed by atoms with Gasteiger partial charge in [0, 0.05) is 13.0 Å². The van der Waals surface area contributed by atoms with Crippen LogP contribution in [0.4, 0.5) is 0 Å². The Kier molecular flexibility index (Phi) is 8.00. The number of furan rings is 1. The van der Waals surface area contributed by atoms with Crippen LogP contribution in [0.25, 0.3) is 0 Å². The lowest BCUT2D eigenvalue weighted by Gasteiger charge is -2.04. The Morgan fingerprint density at radius 3 is 2.75 bits per heavy atom. The Morgan fingerprint density at radius 1 is 1.35 bits per heavy atom. The van der Waals surface area contributed by atoms with E-state index in [2.05, 4.69) is 12.7 Å². The van der Waals surface area contributed by atoms with Gasteiger partial charge >= 0.3 is 0 Å². The van der Waals surface area contributed by atoms with Crippen LogP contribution in [0.2, 0.25) is 0 Å². The van der Waals surface area contributed by atoms with Gasteiger partial charge in [0.15, 0.2) is 0 Å². The third kappa shape index (κ3) is 5.76. The molecule has 1 rings (SSSR count). The summed E-state index contributed by atoms with van der Waals surface area (Å²) < 4.78 is 5.27. The van der Waals surface area contributed by atoms with Gasteiger partial charge in [0.1, 0.15) is 24.2 Å². The molecule has 4 nitrogen and oxygen atoms in total. The molecule has 1 aromatic rings. The van der Waals surface area contributed by atoms with E-state index in [1.54, 1.807) is 18.2 Å². The second-order valence-corrected chi connectivity index (χ2v) is 4.74. The third-order valence-electron chi connectivity index (χ3n) is 3.06. The van der Waals surface area contributed by atoms with Gasteiger partial charge in [-0.2, -0.15) is 0 Å². The van der Waals surface area contributed by atoms with Gasteiger partial charge in [-0.3, -0.25) is 0 Å². The molecule has 0 saturated heterocycles. The van der Waals surface area contributed by atoms with E-state index >= 15 is 0 Å². The summed E-state index contributed by atoms with van der Waals surface area (Å²) in [7, 11) is 0. The van der Waals surface area contributed by atoms with E-state index in [9.17, 15) is 5.11 Å². The molecule has 0 saturated carbocycles. The highest BCUT2D eigenvalue weighted by atomic mass is 16.4. The molecule has 112 valence electrons. The summed E-state index contributed by atoms with van der Waals surface area (Å²) in [4.78, 5) is 0. The molecule has 3 N–H and O–H groups in total. The third-order valence-corrected chi connectivity index (χ3v) is 3.06. The molecule has 0 aliphatic heterocycles. The zero-order chi connectivity index (χ0) is 14.8. The molecule has 1 atom stereocenters. The topological polar surface area (TPSA) is 73.8 Å². The first-order valence-corrected chi connectivity index (χ1v) is 7.12. The number of rotatable bonds is 9. The highest BCUT2D eigenvalue weighted by Gasteiger charge is 2.10. The van der Waals surface area contributed by atoms with E-state index in [0.717, 1.165) is 24.8 Å². The summed E-state index contributed by atoms with van der Waals surface area (Å²) in [5.74, 6) is 0.895. The monoisotopic (exact) mass is 280 g/mol. The maximum Gasteiger partial charge on any atom is 0.133 e. The first-order valence-electron chi connectivity index (χ1n) is 7.12. The van der Waals surface area contributed by atoms with Crippen LogP contribution < -0.4 is 0 Å². The molecule has 4 heteroatoms. The number of hydrogen-bond donors (Lipinski definition) is 3. The highest BCUT2D eigenvalue weighted by molar-refractivity contribution is 5.10. The first kappa shape index (κ1) is 16.7. The lowest BCUT2D eigenvalue weighted by atomic mass is 10.1.